The third-order valence-corrected chi connectivity index (χ3v) is 0.802. The summed E-state index contributed by atoms with van der Waals surface area (Å²) in [7, 11) is 0. The van der Waals surface area contributed by atoms with Gasteiger partial charge in [-0.15, -0.1) is 12.4 Å². The predicted octanol–water partition coefficient (Wildman–Crippen LogP) is -0.916. The van der Waals surface area contributed by atoms with Crippen molar-refractivity contribution in [1.29, 1.82) is 0 Å². The number of aliphatic hydroxyl groups excluding tert-OH is 1. The minimum atomic E-state index is -0.185. The molecule has 0 bridgehead atoms. The van der Waals surface area contributed by atoms with Crippen molar-refractivity contribution < 1.29 is 9.84 Å². The molecule has 0 aromatic rings. The lowest BCUT2D eigenvalue weighted by atomic mass is 10.5. The third kappa shape index (κ3) is 1.61. The molecular weight excluding hydrogens is 117 g/mol. The van der Waals surface area contributed by atoms with Crippen LogP contribution in [0.1, 0.15) is 0 Å². The van der Waals surface area contributed by atoms with Gasteiger partial charge in [0.25, 0.3) is 0 Å². The van der Waals surface area contributed by atoms with E-state index in [2.05, 4.69) is 4.74 Å². The number of nitrogens with two attached hydrogens (primary N) is 1. The number of ether oxygens (including phenoxy) is 1. The Balaban J connectivity index is 0.000000360. The molecule has 1 heterocycles. The molecule has 0 radical (unpaired) electrons. The normalized spacial score (nSPS) is 36.9. The van der Waals surface area contributed by atoms with Gasteiger partial charge in [0.1, 0.15) is 12.3 Å². The smallest absolute Gasteiger partial charge is 0.135 e. The summed E-state index contributed by atoms with van der Waals surface area (Å²) in [5.41, 5.74) is 5.09. The fraction of sp³-hybridized carbons (Fsp3) is 1.00. The Kier molecular flexibility index (Phi) is 2.53. The average molecular weight is 126 g/mol. The van der Waals surface area contributed by atoms with Gasteiger partial charge in [-0.2, -0.15) is 0 Å². The zero-order valence-corrected chi connectivity index (χ0v) is 4.52. The van der Waals surface area contributed by atoms with Crippen LogP contribution in [0.25, 0.3) is 0 Å². The van der Waals surface area contributed by atoms with Crippen LogP contribution in [0, 0.1) is 0 Å². The molecule has 1 aliphatic rings. The van der Waals surface area contributed by atoms with E-state index in [1.54, 1.807) is 0 Å². The lowest BCUT2D eigenvalue weighted by molar-refractivity contribution is 0.242. The van der Waals surface area contributed by atoms with Crippen molar-refractivity contribution in [2.24, 2.45) is 5.73 Å². The van der Waals surface area contributed by atoms with Gasteiger partial charge in [-0.05, 0) is 0 Å². The second-order valence-electron chi connectivity index (χ2n) is 1.32. The molecule has 1 fully saturated rings. The fourth-order valence-electron chi connectivity index (χ4n) is 0.303. The van der Waals surface area contributed by atoms with Crippen molar-refractivity contribution in [3.8, 4) is 0 Å². The molecule has 4 heteroatoms. The first-order chi connectivity index (χ1) is 2.84. The Labute approximate surface area is 47.9 Å². The molecule has 0 aromatic heterocycles. The highest BCUT2D eigenvalue weighted by Crippen LogP contribution is 2.13. The Morgan fingerprint density at radius 3 is 2.14 bits per heavy atom. The Morgan fingerprint density at radius 2 is 2.14 bits per heavy atom. The predicted molar refractivity (Wildman–Crippen MR) is 27.2 cm³/mol. The summed E-state index contributed by atoms with van der Waals surface area (Å²) in [5, 5.41) is 8.17. The third-order valence-electron chi connectivity index (χ3n) is 0.802. The molecule has 0 amide bonds. The van der Waals surface area contributed by atoms with Crippen molar-refractivity contribution in [3.05, 3.63) is 0 Å². The van der Waals surface area contributed by atoms with E-state index < -0.39 is 0 Å². The van der Waals surface area contributed by atoms with E-state index in [1.807, 2.05) is 0 Å². The van der Waals surface area contributed by atoms with E-state index in [4.69, 9.17) is 10.8 Å². The number of epoxide rings is 1. The van der Waals surface area contributed by atoms with E-state index in [-0.39, 0.29) is 31.3 Å². The maximum atomic E-state index is 8.17. The standard InChI is InChI=1S/C3H7NO2.ClH/c4-3-2(1-5)6-3;/h2-3,5H,1,4H2;1H. The molecule has 0 aliphatic carbocycles. The van der Waals surface area contributed by atoms with Crippen LogP contribution in [-0.2, 0) is 4.74 Å². The van der Waals surface area contributed by atoms with Gasteiger partial charge in [0.2, 0.25) is 0 Å². The molecule has 0 aromatic carbocycles. The molecule has 3 N–H and O–H groups in total. The molecule has 0 saturated carbocycles. The number of hydrogen-bond donors (Lipinski definition) is 2. The summed E-state index contributed by atoms with van der Waals surface area (Å²) < 4.78 is 4.59. The number of rotatable bonds is 1. The molecule has 1 aliphatic heterocycles. The molecule has 44 valence electrons. The zero-order valence-electron chi connectivity index (χ0n) is 3.70. The summed E-state index contributed by atoms with van der Waals surface area (Å²) in [6.07, 6.45) is -0.250. The molecular formula is C3H8ClNO2. The Hall–Kier alpha value is 0.170. The summed E-state index contributed by atoms with van der Waals surface area (Å²) >= 11 is 0. The van der Waals surface area contributed by atoms with Gasteiger partial charge in [-0.3, -0.25) is 0 Å². The largest absolute Gasteiger partial charge is 0.394 e. The average Bonchev–Trinajstić information content (AvgIpc) is 2.19. The highest BCUT2D eigenvalue weighted by molar-refractivity contribution is 5.85. The van der Waals surface area contributed by atoms with Crippen LogP contribution in [0.2, 0.25) is 0 Å². The van der Waals surface area contributed by atoms with Crippen LogP contribution in [-0.4, -0.2) is 24.0 Å². The highest BCUT2D eigenvalue weighted by Gasteiger charge is 2.33. The Bertz CT molecular complexity index is 58.9. The van der Waals surface area contributed by atoms with Gasteiger partial charge in [-0.1, -0.05) is 0 Å². The maximum absolute atomic E-state index is 8.17. The van der Waals surface area contributed by atoms with E-state index in [0.29, 0.717) is 0 Å². The SMILES string of the molecule is Cl.NC1OC1CO. The van der Waals surface area contributed by atoms with Gasteiger partial charge in [0.05, 0.1) is 6.61 Å². The zero-order chi connectivity index (χ0) is 4.57. The molecule has 2 unspecified atom stereocenters. The molecule has 2 atom stereocenters. The molecule has 7 heavy (non-hydrogen) atoms. The van der Waals surface area contributed by atoms with Crippen LogP contribution in [0.15, 0.2) is 0 Å². The van der Waals surface area contributed by atoms with Crippen LogP contribution in [0.4, 0.5) is 0 Å². The second kappa shape index (κ2) is 2.47. The van der Waals surface area contributed by atoms with Crippen molar-refractivity contribution >= 4 is 12.4 Å². The number of halogens is 1. The lowest BCUT2D eigenvalue weighted by Gasteiger charge is -1.73. The van der Waals surface area contributed by atoms with E-state index in [9.17, 15) is 0 Å². The topological polar surface area (TPSA) is 58.8 Å². The summed E-state index contributed by atoms with van der Waals surface area (Å²) in [6, 6.07) is 0. The van der Waals surface area contributed by atoms with Crippen LogP contribution in [0.5, 0.6) is 0 Å². The maximum Gasteiger partial charge on any atom is 0.135 e. The number of aliphatic hydroxyl groups is 1. The van der Waals surface area contributed by atoms with Crippen molar-refractivity contribution in [3.63, 3.8) is 0 Å². The minimum Gasteiger partial charge on any atom is -0.394 e. The van der Waals surface area contributed by atoms with Crippen molar-refractivity contribution in [2.45, 2.75) is 12.3 Å². The first-order valence-corrected chi connectivity index (χ1v) is 1.86. The molecule has 3 nitrogen and oxygen atoms in total. The van der Waals surface area contributed by atoms with Crippen LogP contribution >= 0.6 is 12.4 Å². The van der Waals surface area contributed by atoms with E-state index in [1.165, 1.54) is 0 Å². The van der Waals surface area contributed by atoms with Gasteiger partial charge in [0, 0.05) is 0 Å². The highest BCUT2D eigenvalue weighted by atomic mass is 35.5. The molecule has 1 rings (SSSR count). The first kappa shape index (κ1) is 7.17. The second-order valence-corrected chi connectivity index (χ2v) is 1.32. The van der Waals surface area contributed by atoms with Gasteiger partial charge in [0.15, 0.2) is 0 Å². The van der Waals surface area contributed by atoms with Gasteiger partial charge >= 0.3 is 0 Å². The first-order valence-electron chi connectivity index (χ1n) is 1.86. The monoisotopic (exact) mass is 125 g/mol. The van der Waals surface area contributed by atoms with Gasteiger partial charge in [-0.25, -0.2) is 0 Å². The van der Waals surface area contributed by atoms with Crippen molar-refractivity contribution in [2.75, 3.05) is 6.61 Å². The Morgan fingerprint density at radius 1 is 1.71 bits per heavy atom. The summed E-state index contributed by atoms with van der Waals surface area (Å²) in [6.45, 7) is 0.0567. The summed E-state index contributed by atoms with van der Waals surface area (Å²) in [4.78, 5) is 0. The summed E-state index contributed by atoms with van der Waals surface area (Å²) in [5.74, 6) is 0. The lowest BCUT2D eigenvalue weighted by Crippen LogP contribution is -2.07. The van der Waals surface area contributed by atoms with E-state index in [0.717, 1.165) is 0 Å². The quantitative estimate of drug-likeness (QED) is 0.446. The number of hydrogen-bond acceptors (Lipinski definition) is 3. The van der Waals surface area contributed by atoms with Crippen LogP contribution < -0.4 is 5.73 Å². The molecule has 1 saturated heterocycles. The van der Waals surface area contributed by atoms with E-state index >= 15 is 0 Å². The van der Waals surface area contributed by atoms with Crippen molar-refractivity contribution in [1.82, 2.24) is 0 Å². The minimum absolute atomic E-state index is 0. The van der Waals surface area contributed by atoms with Crippen LogP contribution in [0.3, 0.4) is 0 Å². The molecule has 0 spiro atoms. The fourth-order valence-corrected chi connectivity index (χ4v) is 0.303. The van der Waals surface area contributed by atoms with Gasteiger partial charge < -0.3 is 15.6 Å².